The number of halogens is 1. The Balaban J connectivity index is 1.79. The van der Waals surface area contributed by atoms with E-state index in [1.54, 1.807) is 49.6 Å². The van der Waals surface area contributed by atoms with Gasteiger partial charge in [-0.25, -0.2) is 4.79 Å². The molecule has 28 heavy (non-hydrogen) atoms. The predicted octanol–water partition coefficient (Wildman–Crippen LogP) is 2.36. The highest BCUT2D eigenvalue weighted by Gasteiger charge is 2.11. The van der Waals surface area contributed by atoms with Gasteiger partial charge in [-0.2, -0.15) is 0 Å². The van der Waals surface area contributed by atoms with Crippen molar-refractivity contribution < 1.29 is 9.53 Å². The Morgan fingerprint density at radius 2 is 1.79 bits per heavy atom. The van der Waals surface area contributed by atoms with Gasteiger partial charge in [0.15, 0.2) is 0 Å². The van der Waals surface area contributed by atoms with Crippen LogP contribution in [-0.4, -0.2) is 22.2 Å². The lowest BCUT2D eigenvalue weighted by Gasteiger charge is -2.11. The number of rotatable bonds is 6. The van der Waals surface area contributed by atoms with Crippen molar-refractivity contribution in [2.24, 2.45) is 0 Å². The number of carbonyl (C=O) groups excluding carboxylic acids is 1. The van der Waals surface area contributed by atoms with Crippen LogP contribution in [0.3, 0.4) is 0 Å². The van der Waals surface area contributed by atoms with Crippen LogP contribution < -0.4 is 21.3 Å². The van der Waals surface area contributed by atoms with Crippen LogP contribution in [0.25, 0.3) is 0 Å². The van der Waals surface area contributed by atoms with E-state index < -0.39 is 23.7 Å². The minimum Gasteiger partial charge on any atom is -0.497 e. The van der Waals surface area contributed by atoms with E-state index in [-0.39, 0.29) is 6.54 Å². The molecule has 0 bridgehead atoms. The Labute approximate surface area is 165 Å². The summed E-state index contributed by atoms with van der Waals surface area (Å²) in [7, 11) is 1.54. The number of carbonyl (C=O) groups is 1. The van der Waals surface area contributed by atoms with Crippen LogP contribution in [0.2, 0.25) is 5.02 Å². The molecule has 7 nitrogen and oxygen atoms in total. The maximum Gasteiger partial charge on any atom is 0.331 e. The molecule has 3 rings (SSSR count). The summed E-state index contributed by atoms with van der Waals surface area (Å²) in [6, 6.07) is 15.1. The van der Waals surface area contributed by atoms with Crippen molar-refractivity contribution in [2.75, 3.05) is 12.4 Å². The molecule has 1 aromatic heterocycles. The van der Waals surface area contributed by atoms with Crippen LogP contribution >= 0.6 is 11.6 Å². The Hall–Kier alpha value is -3.32. The second-order valence-electron chi connectivity index (χ2n) is 6.02. The molecule has 1 heterocycles. The van der Waals surface area contributed by atoms with E-state index >= 15 is 0 Å². The fourth-order valence-corrected chi connectivity index (χ4v) is 2.85. The van der Waals surface area contributed by atoms with Crippen molar-refractivity contribution in [3.05, 3.63) is 92.2 Å². The summed E-state index contributed by atoms with van der Waals surface area (Å²) in [6.45, 7) is -0.202. The van der Waals surface area contributed by atoms with Crippen molar-refractivity contribution >= 4 is 23.2 Å². The van der Waals surface area contributed by atoms with Crippen molar-refractivity contribution in [1.29, 1.82) is 0 Å². The number of aromatic nitrogens is 2. The smallest absolute Gasteiger partial charge is 0.331 e. The molecule has 0 unspecified atom stereocenters. The van der Waals surface area contributed by atoms with Gasteiger partial charge in [0.1, 0.15) is 12.3 Å². The summed E-state index contributed by atoms with van der Waals surface area (Å²) in [5.74, 6) is 0.166. The van der Waals surface area contributed by atoms with Gasteiger partial charge in [-0.1, -0.05) is 29.8 Å². The van der Waals surface area contributed by atoms with Gasteiger partial charge < -0.3 is 10.1 Å². The quantitative estimate of drug-likeness (QED) is 0.689. The van der Waals surface area contributed by atoms with Gasteiger partial charge in [-0.3, -0.25) is 18.7 Å². The monoisotopic (exact) mass is 399 g/mol. The Kier molecular flexibility index (Phi) is 5.96. The van der Waals surface area contributed by atoms with Crippen LogP contribution in [0.15, 0.2) is 70.4 Å². The zero-order chi connectivity index (χ0) is 20.1. The molecule has 0 spiro atoms. The van der Waals surface area contributed by atoms with Gasteiger partial charge >= 0.3 is 5.69 Å². The molecule has 8 heteroatoms. The first-order valence-corrected chi connectivity index (χ1v) is 8.83. The normalized spacial score (nSPS) is 10.5. The molecule has 0 aliphatic rings. The molecule has 2 aromatic carbocycles. The molecule has 0 aliphatic carbocycles. The van der Waals surface area contributed by atoms with Crippen LogP contribution in [0.4, 0.5) is 5.69 Å². The third-order valence-electron chi connectivity index (χ3n) is 4.11. The minimum atomic E-state index is -0.586. The first kappa shape index (κ1) is 19.4. The summed E-state index contributed by atoms with van der Waals surface area (Å²) in [4.78, 5) is 37.1. The summed E-state index contributed by atoms with van der Waals surface area (Å²) in [5, 5.41) is 3.17. The van der Waals surface area contributed by atoms with Crippen LogP contribution in [0.1, 0.15) is 5.56 Å². The second-order valence-corrected chi connectivity index (χ2v) is 6.43. The number of amides is 1. The molecular weight excluding hydrogens is 382 g/mol. The number of nitrogens with one attached hydrogen (secondary N) is 1. The Morgan fingerprint density at radius 3 is 2.46 bits per heavy atom. The van der Waals surface area contributed by atoms with E-state index in [1.807, 2.05) is 6.07 Å². The number of nitrogens with zero attached hydrogens (tertiary/aromatic N) is 2. The molecule has 0 radical (unpaired) electrons. The molecule has 0 atom stereocenters. The summed E-state index contributed by atoms with van der Waals surface area (Å²) in [6.07, 6.45) is 1.39. The third-order valence-corrected chi connectivity index (χ3v) is 4.48. The van der Waals surface area contributed by atoms with E-state index in [2.05, 4.69) is 5.32 Å². The molecular formula is C20H18ClN3O4. The topological polar surface area (TPSA) is 82.3 Å². The van der Waals surface area contributed by atoms with Crippen molar-refractivity contribution in [3.63, 3.8) is 0 Å². The number of benzene rings is 2. The van der Waals surface area contributed by atoms with Crippen LogP contribution in [0.5, 0.6) is 5.75 Å². The molecule has 144 valence electrons. The van der Waals surface area contributed by atoms with E-state index in [0.29, 0.717) is 16.5 Å². The highest BCUT2D eigenvalue weighted by Crippen LogP contribution is 2.16. The first-order chi connectivity index (χ1) is 13.5. The Bertz CT molecular complexity index is 1100. The lowest BCUT2D eigenvalue weighted by molar-refractivity contribution is -0.116. The summed E-state index contributed by atoms with van der Waals surface area (Å²) < 4.78 is 7.28. The molecule has 1 amide bonds. The van der Waals surface area contributed by atoms with Gasteiger partial charge in [0, 0.05) is 23.0 Å². The lowest BCUT2D eigenvalue weighted by Crippen LogP contribution is -2.41. The zero-order valence-electron chi connectivity index (χ0n) is 15.1. The molecule has 0 aliphatic heterocycles. The summed E-state index contributed by atoms with van der Waals surface area (Å²) >= 11 is 6.14. The Morgan fingerprint density at radius 1 is 1.07 bits per heavy atom. The molecule has 0 saturated carbocycles. The molecule has 1 N–H and O–H groups in total. The maximum absolute atomic E-state index is 12.7. The first-order valence-electron chi connectivity index (χ1n) is 8.45. The number of methoxy groups -OCH3 is 1. The van der Waals surface area contributed by atoms with E-state index in [0.717, 1.165) is 10.1 Å². The second kappa shape index (κ2) is 8.58. The van der Waals surface area contributed by atoms with Crippen LogP contribution in [-0.2, 0) is 17.9 Å². The van der Waals surface area contributed by atoms with Gasteiger partial charge in [-0.05, 0) is 35.9 Å². The number of hydrogen-bond acceptors (Lipinski definition) is 4. The van der Waals surface area contributed by atoms with Gasteiger partial charge in [0.05, 0.1) is 13.7 Å². The van der Waals surface area contributed by atoms with Crippen molar-refractivity contribution in [3.8, 4) is 5.75 Å². The maximum atomic E-state index is 12.7. The summed E-state index contributed by atoms with van der Waals surface area (Å²) in [5.41, 5.74) is 0.132. The van der Waals surface area contributed by atoms with Gasteiger partial charge in [0.2, 0.25) is 5.91 Å². The SMILES string of the molecule is COc1ccc(NC(=O)Cn2c(=O)ccn(Cc3ccccc3Cl)c2=O)cc1. The third kappa shape index (κ3) is 4.50. The highest BCUT2D eigenvalue weighted by atomic mass is 35.5. The fraction of sp³-hybridized carbons (Fsp3) is 0.150. The van der Waals surface area contributed by atoms with Crippen molar-refractivity contribution in [2.45, 2.75) is 13.1 Å². The van der Waals surface area contributed by atoms with E-state index in [1.165, 1.54) is 16.8 Å². The lowest BCUT2D eigenvalue weighted by atomic mass is 10.2. The van der Waals surface area contributed by atoms with Crippen molar-refractivity contribution in [1.82, 2.24) is 9.13 Å². The predicted molar refractivity (Wildman–Crippen MR) is 107 cm³/mol. The fourth-order valence-electron chi connectivity index (χ4n) is 2.65. The average molecular weight is 400 g/mol. The zero-order valence-corrected chi connectivity index (χ0v) is 15.8. The highest BCUT2D eigenvalue weighted by molar-refractivity contribution is 6.31. The largest absolute Gasteiger partial charge is 0.497 e. The molecule has 0 saturated heterocycles. The van der Waals surface area contributed by atoms with E-state index in [4.69, 9.17) is 16.3 Å². The molecule has 3 aromatic rings. The number of hydrogen-bond donors (Lipinski definition) is 1. The number of anilines is 1. The standard InChI is InChI=1S/C20H18ClN3O4/c1-28-16-8-6-15(7-9-16)22-18(25)13-24-19(26)10-11-23(20(24)27)12-14-4-2-3-5-17(14)21/h2-11H,12-13H2,1H3,(H,22,25). The number of ether oxygens (including phenoxy) is 1. The molecule has 0 fully saturated rings. The minimum absolute atomic E-state index is 0.193. The van der Waals surface area contributed by atoms with Gasteiger partial charge in [0.25, 0.3) is 5.56 Å². The van der Waals surface area contributed by atoms with Crippen LogP contribution in [0, 0.1) is 0 Å². The van der Waals surface area contributed by atoms with E-state index in [9.17, 15) is 14.4 Å². The average Bonchev–Trinajstić information content (AvgIpc) is 2.69. The van der Waals surface area contributed by atoms with Gasteiger partial charge in [-0.15, -0.1) is 0 Å².